The van der Waals surface area contributed by atoms with E-state index in [-0.39, 0.29) is 11.0 Å². The van der Waals surface area contributed by atoms with Gasteiger partial charge in [0.2, 0.25) is 0 Å². The minimum absolute atomic E-state index is 0.206. The zero-order chi connectivity index (χ0) is 21.8. The molecule has 2 aromatic carbocycles. The van der Waals surface area contributed by atoms with Crippen molar-refractivity contribution in [1.29, 1.82) is 0 Å². The molecule has 30 heavy (non-hydrogen) atoms. The number of carbonyl (C=O) groups excluding carboxylic acids is 1. The summed E-state index contributed by atoms with van der Waals surface area (Å²) in [4.78, 5) is 12.5. The van der Waals surface area contributed by atoms with E-state index in [1.54, 1.807) is 18.2 Å². The van der Waals surface area contributed by atoms with Gasteiger partial charge in [-0.05, 0) is 61.8 Å². The van der Waals surface area contributed by atoms with Gasteiger partial charge in [0.1, 0.15) is 18.1 Å². The molecule has 0 unspecified atom stereocenters. The predicted octanol–water partition coefficient (Wildman–Crippen LogP) is 4.65. The van der Waals surface area contributed by atoms with Crippen LogP contribution in [-0.2, 0) is 4.74 Å². The van der Waals surface area contributed by atoms with Crippen LogP contribution in [-0.4, -0.2) is 37.4 Å². The number of amides is 1. The first-order valence-corrected chi connectivity index (χ1v) is 10.5. The smallest absolute Gasteiger partial charge is 0.257 e. The van der Waals surface area contributed by atoms with Gasteiger partial charge in [0, 0.05) is 23.9 Å². The third kappa shape index (κ3) is 8.80. The first-order chi connectivity index (χ1) is 14.5. The molecule has 0 spiro atoms. The van der Waals surface area contributed by atoms with E-state index in [0.29, 0.717) is 49.4 Å². The lowest BCUT2D eigenvalue weighted by Crippen LogP contribution is -2.34. The fraction of sp³-hybridized carbons (Fsp3) is 0.391. The number of benzene rings is 2. The van der Waals surface area contributed by atoms with Crippen LogP contribution in [0.5, 0.6) is 11.5 Å². The number of carbonyl (C=O) groups is 1. The number of rotatable bonds is 11. The Morgan fingerprint density at radius 1 is 1.00 bits per heavy atom. The van der Waals surface area contributed by atoms with Crippen molar-refractivity contribution < 1.29 is 19.0 Å². The van der Waals surface area contributed by atoms with Crippen molar-refractivity contribution in [3.05, 3.63) is 54.1 Å². The SMILES string of the molecule is CCOCCOc1cccc(NC(=S)NC(=O)c2cccc(OCCC(C)C)c2)c1. The second-order valence-electron chi connectivity index (χ2n) is 7.04. The molecule has 7 heteroatoms. The Kier molecular flexibility index (Phi) is 10.1. The monoisotopic (exact) mass is 430 g/mol. The summed E-state index contributed by atoms with van der Waals surface area (Å²) in [5.41, 5.74) is 1.20. The Labute approximate surface area is 183 Å². The van der Waals surface area contributed by atoms with Crippen LogP contribution in [0.3, 0.4) is 0 Å². The molecule has 0 atom stereocenters. The van der Waals surface area contributed by atoms with E-state index in [4.69, 9.17) is 26.4 Å². The van der Waals surface area contributed by atoms with Gasteiger partial charge in [0.25, 0.3) is 5.91 Å². The van der Waals surface area contributed by atoms with Crippen LogP contribution in [0.1, 0.15) is 37.6 Å². The molecule has 0 heterocycles. The van der Waals surface area contributed by atoms with Crippen LogP contribution in [0.2, 0.25) is 0 Å². The zero-order valence-electron chi connectivity index (χ0n) is 17.8. The van der Waals surface area contributed by atoms with Gasteiger partial charge in [-0.3, -0.25) is 10.1 Å². The molecule has 0 aliphatic heterocycles. The molecule has 2 N–H and O–H groups in total. The molecule has 0 aliphatic carbocycles. The summed E-state index contributed by atoms with van der Waals surface area (Å²) in [5, 5.41) is 5.90. The molecule has 6 nitrogen and oxygen atoms in total. The minimum Gasteiger partial charge on any atom is -0.494 e. The summed E-state index contributed by atoms with van der Waals surface area (Å²) < 4.78 is 16.6. The molecule has 0 saturated carbocycles. The van der Waals surface area contributed by atoms with Crippen LogP contribution in [0.4, 0.5) is 5.69 Å². The van der Waals surface area contributed by atoms with Gasteiger partial charge < -0.3 is 19.5 Å². The summed E-state index contributed by atoms with van der Waals surface area (Å²) in [6.45, 7) is 8.50. The molecule has 2 rings (SSSR count). The lowest BCUT2D eigenvalue weighted by molar-refractivity contribution is 0.0977. The maximum atomic E-state index is 12.5. The number of ether oxygens (including phenoxy) is 3. The van der Waals surface area contributed by atoms with Crippen LogP contribution >= 0.6 is 12.2 Å². The summed E-state index contributed by atoms with van der Waals surface area (Å²) >= 11 is 5.27. The largest absolute Gasteiger partial charge is 0.494 e. The lowest BCUT2D eigenvalue weighted by Gasteiger charge is -2.12. The maximum Gasteiger partial charge on any atom is 0.257 e. The molecule has 0 radical (unpaired) electrons. The predicted molar refractivity (Wildman–Crippen MR) is 124 cm³/mol. The Bertz CT molecular complexity index is 826. The van der Waals surface area contributed by atoms with Crippen molar-refractivity contribution in [2.45, 2.75) is 27.2 Å². The Hall–Kier alpha value is -2.64. The van der Waals surface area contributed by atoms with Crippen LogP contribution in [0.25, 0.3) is 0 Å². The summed E-state index contributed by atoms with van der Waals surface area (Å²) in [5.74, 6) is 1.62. The Morgan fingerprint density at radius 2 is 1.70 bits per heavy atom. The van der Waals surface area contributed by atoms with E-state index in [0.717, 1.165) is 12.1 Å². The molecule has 2 aromatic rings. The van der Waals surface area contributed by atoms with E-state index in [9.17, 15) is 4.79 Å². The van der Waals surface area contributed by atoms with E-state index in [1.807, 2.05) is 37.3 Å². The highest BCUT2D eigenvalue weighted by Gasteiger charge is 2.10. The normalized spacial score (nSPS) is 10.5. The number of hydrogen-bond donors (Lipinski definition) is 2. The average Bonchev–Trinajstić information content (AvgIpc) is 2.71. The van der Waals surface area contributed by atoms with Gasteiger partial charge in [-0.1, -0.05) is 26.0 Å². The van der Waals surface area contributed by atoms with E-state index < -0.39 is 0 Å². The van der Waals surface area contributed by atoms with Crippen LogP contribution in [0, 0.1) is 5.92 Å². The van der Waals surface area contributed by atoms with Gasteiger partial charge in [-0.15, -0.1) is 0 Å². The highest BCUT2D eigenvalue weighted by atomic mass is 32.1. The molecule has 0 aromatic heterocycles. The first kappa shape index (κ1) is 23.6. The number of anilines is 1. The van der Waals surface area contributed by atoms with Crippen molar-refractivity contribution in [3.63, 3.8) is 0 Å². The second-order valence-corrected chi connectivity index (χ2v) is 7.45. The maximum absolute atomic E-state index is 12.5. The fourth-order valence-corrected chi connectivity index (χ4v) is 2.71. The molecule has 0 fully saturated rings. The van der Waals surface area contributed by atoms with Crippen molar-refractivity contribution in [3.8, 4) is 11.5 Å². The molecular formula is C23H30N2O4S. The topological polar surface area (TPSA) is 68.8 Å². The Balaban J connectivity index is 1.86. The highest BCUT2D eigenvalue weighted by Crippen LogP contribution is 2.18. The number of nitrogens with one attached hydrogen (secondary N) is 2. The summed E-state index contributed by atoms with van der Waals surface area (Å²) in [6.07, 6.45) is 0.957. The summed E-state index contributed by atoms with van der Waals surface area (Å²) in [7, 11) is 0. The van der Waals surface area contributed by atoms with Gasteiger partial charge in [-0.25, -0.2) is 0 Å². The van der Waals surface area contributed by atoms with E-state index in [2.05, 4.69) is 24.5 Å². The van der Waals surface area contributed by atoms with Crippen molar-refractivity contribution in [1.82, 2.24) is 5.32 Å². The third-order valence-electron chi connectivity index (χ3n) is 4.08. The van der Waals surface area contributed by atoms with Crippen molar-refractivity contribution in [2.75, 3.05) is 31.7 Å². The van der Waals surface area contributed by atoms with Gasteiger partial charge >= 0.3 is 0 Å². The number of hydrogen-bond acceptors (Lipinski definition) is 5. The molecule has 0 aliphatic rings. The van der Waals surface area contributed by atoms with E-state index >= 15 is 0 Å². The Morgan fingerprint density at radius 3 is 2.43 bits per heavy atom. The van der Waals surface area contributed by atoms with Crippen LogP contribution in [0.15, 0.2) is 48.5 Å². The first-order valence-electron chi connectivity index (χ1n) is 10.1. The van der Waals surface area contributed by atoms with Crippen molar-refractivity contribution in [2.24, 2.45) is 5.92 Å². The van der Waals surface area contributed by atoms with Gasteiger partial charge in [0.05, 0.1) is 13.2 Å². The average molecular weight is 431 g/mol. The van der Waals surface area contributed by atoms with Crippen molar-refractivity contribution >= 4 is 28.9 Å². The molecular weight excluding hydrogens is 400 g/mol. The van der Waals surface area contributed by atoms with Gasteiger partial charge in [0.15, 0.2) is 5.11 Å². The third-order valence-corrected chi connectivity index (χ3v) is 4.28. The molecule has 0 bridgehead atoms. The zero-order valence-corrected chi connectivity index (χ0v) is 18.6. The molecule has 162 valence electrons. The molecule has 0 saturated heterocycles. The second kappa shape index (κ2) is 12.8. The standard InChI is InChI=1S/C23H30N2O4S/c1-4-27-13-14-29-21-10-6-8-19(16-21)24-23(30)25-22(26)18-7-5-9-20(15-18)28-12-11-17(2)3/h5-10,15-17H,4,11-14H2,1-3H3,(H2,24,25,26,30). The minimum atomic E-state index is -0.300. The fourth-order valence-electron chi connectivity index (χ4n) is 2.50. The highest BCUT2D eigenvalue weighted by molar-refractivity contribution is 7.80. The lowest BCUT2D eigenvalue weighted by atomic mass is 10.1. The number of thiocarbonyl (C=S) groups is 1. The molecule has 1 amide bonds. The van der Waals surface area contributed by atoms with Crippen LogP contribution < -0.4 is 20.1 Å². The summed E-state index contributed by atoms with van der Waals surface area (Å²) in [6, 6.07) is 14.4. The van der Waals surface area contributed by atoms with Gasteiger partial charge in [-0.2, -0.15) is 0 Å². The quantitative estimate of drug-likeness (QED) is 0.399. The van der Waals surface area contributed by atoms with E-state index in [1.165, 1.54) is 0 Å².